The van der Waals surface area contributed by atoms with Crippen LogP contribution in [0, 0.1) is 0 Å². The van der Waals surface area contributed by atoms with Crippen molar-refractivity contribution < 1.29 is 0 Å². The Morgan fingerprint density at radius 3 is 2.43 bits per heavy atom. The van der Waals surface area contributed by atoms with E-state index in [-0.39, 0.29) is 5.54 Å². The zero-order chi connectivity index (χ0) is 9.86. The molecule has 0 spiro atoms. The first-order valence-corrected chi connectivity index (χ1v) is 5.37. The Hall–Kier alpha value is -0.960. The lowest BCUT2D eigenvalue weighted by Crippen LogP contribution is -2.36. The molecule has 1 aromatic rings. The Kier molecular flexibility index (Phi) is 2.77. The second-order valence-electron chi connectivity index (χ2n) is 4.16. The summed E-state index contributed by atoms with van der Waals surface area (Å²) >= 11 is 0. The number of hydrogen-bond donors (Lipinski definition) is 1. The number of nitrogens with zero attached hydrogens (tertiary/aromatic N) is 2. The molecule has 1 fully saturated rings. The fourth-order valence-electron chi connectivity index (χ4n) is 2.20. The molecule has 0 bridgehead atoms. The summed E-state index contributed by atoms with van der Waals surface area (Å²) in [6, 6.07) is 1.95. The number of hydrogen-bond acceptors (Lipinski definition) is 3. The van der Waals surface area contributed by atoms with Gasteiger partial charge in [0.15, 0.2) is 0 Å². The predicted octanol–water partition coefficient (Wildman–Crippen LogP) is 1.98. The van der Waals surface area contributed by atoms with E-state index >= 15 is 0 Å². The van der Waals surface area contributed by atoms with Gasteiger partial charge in [-0.15, -0.1) is 0 Å². The molecule has 3 heteroatoms. The van der Waals surface area contributed by atoms with Gasteiger partial charge in [-0.2, -0.15) is 0 Å². The van der Waals surface area contributed by atoms with E-state index in [1.54, 1.807) is 12.5 Å². The summed E-state index contributed by atoms with van der Waals surface area (Å²) in [5, 5.41) is 0. The summed E-state index contributed by atoms with van der Waals surface area (Å²) in [4.78, 5) is 8.21. The molecule has 0 atom stereocenters. The van der Waals surface area contributed by atoms with Crippen LogP contribution in [0.25, 0.3) is 0 Å². The zero-order valence-corrected chi connectivity index (χ0v) is 8.45. The second kappa shape index (κ2) is 4.05. The molecule has 14 heavy (non-hydrogen) atoms. The van der Waals surface area contributed by atoms with Crippen molar-refractivity contribution in [2.45, 2.75) is 44.1 Å². The van der Waals surface area contributed by atoms with Gasteiger partial charge in [-0.1, -0.05) is 25.7 Å². The van der Waals surface area contributed by atoms with Gasteiger partial charge in [-0.3, -0.25) is 0 Å². The lowest BCUT2D eigenvalue weighted by Gasteiger charge is -2.26. The van der Waals surface area contributed by atoms with Crippen LogP contribution in [0.1, 0.15) is 44.2 Å². The molecule has 1 saturated carbocycles. The minimum atomic E-state index is -0.195. The second-order valence-corrected chi connectivity index (χ2v) is 4.16. The van der Waals surface area contributed by atoms with Crippen LogP contribution in [-0.2, 0) is 5.54 Å². The van der Waals surface area contributed by atoms with E-state index < -0.39 is 0 Å². The molecular weight excluding hydrogens is 174 g/mol. The van der Waals surface area contributed by atoms with Crippen molar-refractivity contribution in [3.8, 4) is 0 Å². The number of rotatable bonds is 1. The van der Waals surface area contributed by atoms with Gasteiger partial charge in [-0.05, 0) is 18.9 Å². The van der Waals surface area contributed by atoms with E-state index in [4.69, 9.17) is 5.73 Å². The Labute approximate surface area is 84.8 Å². The van der Waals surface area contributed by atoms with Crippen LogP contribution in [0.5, 0.6) is 0 Å². The monoisotopic (exact) mass is 191 g/mol. The van der Waals surface area contributed by atoms with Crippen LogP contribution in [0.4, 0.5) is 0 Å². The fraction of sp³-hybridized carbons (Fsp3) is 0.636. The third-order valence-electron chi connectivity index (χ3n) is 3.09. The van der Waals surface area contributed by atoms with Crippen LogP contribution in [0.2, 0.25) is 0 Å². The normalized spacial score (nSPS) is 21.5. The van der Waals surface area contributed by atoms with Crippen LogP contribution >= 0.6 is 0 Å². The molecule has 76 valence electrons. The van der Waals surface area contributed by atoms with Gasteiger partial charge in [-0.25, -0.2) is 9.97 Å². The van der Waals surface area contributed by atoms with Crippen molar-refractivity contribution in [1.82, 2.24) is 9.97 Å². The molecule has 1 aliphatic rings. The van der Waals surface area contributed by atoms with Crippen molar-refractivity contribution in [2.24, 2.45) is 5.73 Å². The smallest absolute Gasteiger partial charge is 0.115 e. The maximum absolute atomic E-state index is 6.39. The van der Waals surface area contributed by atoms with Gasteiger partial charge < -0.3 is 5.73 Å². The third-order valence-corrected chi connectivity index (χ3v) is 3.09. The van der Waals surface area contributed by atoms with Crippen LogP contribution < -0.4 is 5.73 Å². The average molecular weight is 191 g/mol. The molecule has 1 heterocycles. The molecule has 0 saturated heterocycles. The highest BCUT2D eigenvalue weighted by Crippen LogP contribution is 2.31. The summed E-state index contributed by atoms with van der Waals surface area (Å²) in [5.74, 6) is 0. The first-order chi connectivity index (χ1) is 6.81. The van der Waals surface area contributed by atoms with Crippen molar-refractivity contribution >= 4 is 0 Å². The molecule has 3 nitrogen and oxygen atoms in total. The highest BCUT2D eigenvalue weighted by molar-refractivity contribution is 5.12. The molecule has 0 unspecified atom stereocenters. The van der Waals surface area contributed by atoms with Crippen molar-refractivity contribution in [3.63, 3.8) is 0 Å². The molecule has 2 N–H and O–H groups in total. The SMILES string of the molecule is NC1(c2ccncn2)CCCCCC1. The van der Waals surface area contributed by atoms with E-state index in [9.17, 15) is 0 Å². The van der Waals surface area contributed by atoms with Gasteiger partial charge in [0.2, 0.25) is 0 Å². The van der Waals surface area contributed by atoms with Crippen LogP contribution in [0.15, 0.2) is 18.6 Å². The predicted molar refractivity (Wildman–Crippen MR) is 55.6 cm³/mol. The highest BCUT2D eigenvalue weighted by atomic mass is 14.9. The summed E-state index contributed by atoms with van der Waals surface area (Å²) in [6.07, 6.45) is 10.6. The van der Waals surface area contributed by atoms with Gasteiger partial charge >= 0.3 is 0 Å². The largest absolute Gasteiger partial charge is 0.320 e. The maximum atomic E-state index is 6.39. The van der Waals surface area contributed by atoms with Gasteiger partial charge in [0.05, 0.1) is 11.2 Å². The van der Waals surface area contributed by atoms with Crippen molar-refractivity contribution in [1.29, 1.82) is 0 Å². The topological polar surface area (TPSA) is 51.8 Å². The van der Waals surface area contributed by atoms with Crippen LogP contribution in [0.3, 0.4) is 0 Å². The van der Waals surface area contributed by atoms with E-state index in [1.165, 1.54) is 25.7 Å². The lowest BCUT2D eigenvalue weighted by atomic mass is 9.88. The minimum absolute atomic E-state index is 0.195. The average Bonchev–Trinajstić information content (AvgIpc) is 2.46. The highest BCUT2D eigenvalue weighted by Gasteiger charge is 2.29. The Morgan fingerprint density at radius 1 is 1.14 bits per heavy atom. The first-order valence-electron chi connectivity index (χ1n) is 5.37. The molecule has 1 aromatic heterocycles. The van der Waals surface area contributed by atoms with E-state index in [0.717, 1.165) is 18.5 Å². The quantitative estimate of drug-likeness (QED) is 0.690. The van der Waals surface area contributed by atoms with Gasteiger partial charge in [0.1, 0.15) is 6.33 Å². The standard InChI is InChI=1S/C11H17N3/c12-11(6-3-1-2-4-7-11)10-5-8-13-9-14-10/h5,8-9H,1-4,6-7,12H2. The molecule has 2 rings (SSSR count). The molecular formula is C11H17N3. The zero-order valence-electron chi connectivity index (χ0n) is 8.45. The Morgan fingerprint density at radius 2 is 1.86 bits per heavy atom. The molecule has 0 aromatic carbocycles. The summed E-state index contributed by atoms with van der Waals surface area (Å²) < 4.78 is 0. The number of aromatic nitrogens is 2. The first kappa shape index (κ1) is 9.59. The lowest BCUT2D eigenvalue weighted by molar-refractivity contribution is 0.374. The van der Waals surface area contributed by atoms with E-state index in [2.05, 4.69) is 9.97 Å². The fourth-order valence-corrected chi connectivity index (χ4v) is 2.20. The maximum Gasteiger partial charge on any atom is 0.115 e. The van der Waals surface area contributed by atoms with E-state index in [1.807, 2.05) is 6.07 Å². The minimum Gasteiger partial charge on any atom is -0.320 e. The summed E-state index contributed by atoms with van der Waals surface area (Å²) in [7, 11) is 0. The van der Waals surface area contributed by atoms with E-state index in [0.29, 0.717) is 0 Å². The Balaban J connectivity index is 2.21. The molecule has 0 aliphatic heterocycles. The van der Waals surface area contributed by atoms with Gasteiger partial charge in [0, 0.05) is 6.20 Å². The molecule has 0 amide bonds. The summed E-state index contributed by atoms with van der Waals surface area (Å²) in [5.41, 5.74) is 7.20. The molecule has 1 aliphatic carbocycles. The van der Waals surface area contributed by atoms with Crippen LogP contribution in [-0.4, -0.2) is 9.97 Å². The van der Waals surface area contributed by atoms with Crippen molar-refractivity contribution in [2.75, 3.05) is 0 Å². The Bertz CT molecular complexity index is 276. The summed E-state index contributed by atoms with van der Waals surface area (Å²) in [6.45, 7) is 0. The molecule has 0 radical (unpaired) electrons. The third kappa shape index (κ3) is 1.93. The number of nitrogens with two attached hydrogens (primary N) is 1. The van der Waals surface area contributed by atoms with Crippen molar-refractivity contribution in [3.05, 3.63) is 24.3 Å². The van der Waals surface area contributed by atoms with Gasteiger partial charge in [0.25, 0.3) is 0 Å².